The molecule has 0 amide bonds. The zero-order chi connectivity index (χ0) is 10.7. The van der Waals surface area contributed by atoms with Crippen LogP contribution in [-0.2, 0) is 4.74 Å². The minimum Gasteiger partial charge on any atom is -0.381 e. The zero-order valence-corrected chi connectivity index (χ0v) is 9.36. The Labute approximate surface area is 90.9 Å². The fourth-order valence-electron chi connectivity index (χ4n) is 1.92. The van der Waals surface area contributed by atoms with E-state index in [2.05, 4.69) is 30.2 Å². The lowest BCUT2D eigenvalue weighted by Gasteiger charge is -2.20. The first-order valence-corrected chi connectivity index (χ1v) is 5.53. The van der Waals surface area contributed by atoms with E-state index >= 15 is 0 Å². The smallest absolute Gasteiger partial charge is 0.129 e. The van der Waals surface area contributed by atoms with Crippen molar-refractivity contribution in [2.45, 2.75) is 26.3 Å². The minimum atomic E-state index is 0.432. The van der Waals surface area contributed by atoms with E-state index in [9.17, 15) is 0 Å². The van der Waals surface area contributed by atoms with Crippen LogP contribution in [-0.4, -0.2) is 24.2 Å². The van der Waals surface area contributed by atoms with Gasteiger partial charge in [0.05, 0.1) is 6.61 Å². The third-order valence-electron chi connectivity index (χ3n) is 3.05. The molecule has 2 unspecified atom stereocenters. The fourth-order valence-corrected chi connectivity index (χ4v) is 1.92. The molecule has 1 aliphatic rings. The van der Waals surface area contributed by atoms with Gasteiger partial charge in [-0.15, -0.1) is 0 Å². The standard InChI is InChI=1S/C12H18N2O/c1-9-4-3-6-13-12(9)14-10(2)11-5-7-15-8-11/h3-4,6,10-11H,5,7-8H2,1-2H3,(H,13,14). The second-order valence-electron chi connectivity index (χ2n) is 4.23. The number of nitrogens with one attached hydrogen (secondary N) is 1. The molecule has 0 spiro atoms. The molecule has 0 aromatic carbocycles. The monoisotopic (exact) mass is 206 g/mol. The molecule has 2 rings (SSSR count). The largest absolute Gasteiger partial charge is 0.381 e. The summed E-state index contributed by atoms with van der Waals surface area (Å²) in [5.41, 5.74) is 1.20. The molecular formula is C12H18N2O. The van der Waals surface area contributed by atoms with Gasteiger partial charge in [0, 0.05) is 24.8 Å². The normalized spacial score (nSPS) is 22.7. The number of nitrogens with zero attached hydrogens (tertiary/aromatic N) is 1. The van der Waals surface area contributed by atoms with Crippen LogP contribution in [0, 0.1) is 12.8 Å². The minimum absolute atomic E-state index is 0.432. The van der Waals surface area contributed by atoms with Crippen LogP contribution in [0.5, 0.6) is 0 Å². The van der Waals surface area contributed by atoms with Crippen LogP contribution >= 0.6 is 0 Å². The first-order chi connectivity index (χ1) is 7.27. The fraction of sp³-hybridized carbons (Fsp3) is 0.583. The highest BCUT2D eigenvalue weighted by Gasteiger charge is 2.22. The third-order valence-corrected chi connectivity index (χ3v) is 3.05. The Kier molecular flexibility index (Phi) is 3.21. The maximum Gasteiger partial charge on any atom is 0.129 e. The van der Waals surface area contributed by atoms with Crippen LogP contribution in [0.1, 0.15) is 18.9 Å². The molecule has 0 radical (unpaired) electrons. The number of ether oxygens (including phenoxy) is 1. The van der Waals surface area contributed by atoms with Crippen LogP contribution in [0.2, 0.25) is 0 Å². The van der Waals surface area contributed by atoms with Crippen molar-refractivity contribution in [2.24, 2.45) is 5.92 Å². The van der Waals surface area contributed by atoms with Gasteiger partial charge in [0.1, 0.15) is 5.82 Å². The molecule has 0 aliphatic carbocycles. The molecule has 2 atom stereocenters. The lowest BCUT2D eigenvalue weighted by Crippen LogP contribution is -2.26. The summed E-state index contributed by atoms with van der Waals surface area (Å²) in [6.07, 6.45) is 2.98. The van der Waals surface area contributed by atoms with Gasteiger partial charge in [-0.25, -0.2) is 4.98 Å². The number of rotatable bonds is 3. The van der Waals surface area contributed by atoms with Crippen molar-refractivity contribution in [3.8, 4) is 0 Å². The lowest BCUT2D eigenvalue weighted by atomic mass is 10.0. The van der Waals surface area contributed by atoms with E-state index < -0.39 is 0 Å². The van der Waals surface area contributed by atoms with Crippen LogP contribution in [0.3, 0.4) is 0 Å². The molecule has 0 saturated carbocycles. The van der Waals surface area contributed by atoms with Crippen molar-refractivity contribution in [2.75, 3.05) is 18.5 Å². The highest BCUT2D eigenvalue weighted by Crippen LogP contribution is 2.20. The number of anilines is 1. The van der Waals surface area contributed by atoms with Crippen molar-refractivity contribution in [3.63, 3.8) is 0 Å². The molecule has 1 aromatic heterocycles. The summed E-state index contributed by atoms with van der Waals surface area (Å²) in [4.78, 5) is 4.34. The molecule has 1 saturated heterocycles. The maximum absolute atomic E-state index is 5.39. The van der Waals surface area contributed by atoms with E-state index in [-0.39, 0.29) is 0 Å². The molecule has 2 heterocycles. The molecule has 3 heteroatoms. The van der Waals surface area contributed by atoms with E-state index in [1.54, 1.807) is 0 Å². The van der Waals surface area contributed by atoms with Crippen molar-refractivity contribution < 1.29 is 4.74 Å². The lowest BCUT2D eigenvalue weighted by molar-refractivity contribution is 0.183. The first-order valence-electron chi connectivity index (χ1n) is 5.53. The second kappa shape index (κ2) is 4.62. The van der Waals surface area contributed by atoms with Gasteiger partial charge >= 0.3 is 0 Å². The molecule has 3 nitrogen and oxygen atoms in total. The van der Waals surface area contributed by atoms with Crippen molar-refractivity contribution in [1.29, 1.82) is 0 Å². The quantitative estimate of drug-likeness (QED) is 0.823. The van der Waals surface area contributed by atoms with Gasteiger partial charge in [0.25, 0.3) is 0 Å². The van der Waals surface area contributed by atoms with E-state index in [0.29, 0.717) is 12.0 Å². The molecule has 1 N–H and O–H groups in total. The van der Waals surface area contributed by atoms with E-state index in [1.807, 2.05) is 12.3 Å². The summed E-state index contributed by atoms with van der Waals surface area (Å²) >= 11 is 0. The second-order valence-corrected chi connectivity index (χ2v) is 4.23. The summed E-state index contributed by atoms with van der Waals surface area (Å²) in [5, 5.41) is 3.46. The predicted molar refractivity (Wildman–Crippen MR) is 61.0 cm³/mol. The summed E-state index contributed by atoms with van der Waals surface area (Å²) in [7, 11) is 0. The third kappa shape index (κ3) is 2.48. The van der Waals surface area contributed by atoms with E-state index in [0.717, 1.165) is 25.5 Å². The van der Waals surface area contributed by atoms with Crippen molar-refractivity contribution >= 4 is 5.82 Å². The molecular weight excluding hydrogens is 188 g/mol. The van der Waals surface area contributed by atoms with Gasteiger partial charge in [-0.3, -0.25) is 0 Å². The van der Waals surface area contributed by atoms with E-state index in [1.165, 1.54) is 5.56 Å². The Hall–Kier alpha value is -1.09. The topological polar surface area (TPSA) is 34.2 Å². The highest BCUT2D eigenvalue weighted by molar-refractivity contribution is 5.43. The van der Waals surface area contributed by atoms with Crippen LogP contribution in [0.15, 0.2) is 18.3 Å². The first kappa shape index (κ1) is 10.4. The van der Waals surface area contributed by atoms with Gasteiger partial charge in [0.15, 0.2) is 0 Å². The molecule has 82 valence electrons. The average Bonchev–Trinajstić information content (AvgIpc) is 2.74. The van der Waals surface area contributed by atoms with Crippen LogP contribution in [0.4, 0.5) is 5.82 Å². The highest BCUT2D eigenvalue weighted by atomic mass is 16.5. The number of hydrogen-bond donors (Lipinski definition) is 1. The van der Waals surface area contributed by atoms with Gasteiger partial charge in [-0.2, -0.15) is 0 Å². The Balaban J connectivity index is 1.99. The van der Waals surface area contributed by atoms with E-state index in [4.69, 9.17) is 4.74 Å². The summed E-state index contributed by atoms with van der Waals surface area (Å²) in [5.74, 6) is 1.61. The van der Waals surface area contributed by atoms with Gasteiger partial charge in [-0.05, 0) is 31.9 Å². The molecule has 1 aromatic rings. The van der Waals surface area contributed by atoms with Crippen LogP contribution in [0.25, 0.3) is 0 Å². The maximum atomic E-state index is 5.39. The molecule has 1 aliphatic heterocycles. The summed E-state index contributed by atoms with van der Waals surface area (Å²) < 4.78 is 5.39. The Morgan fingerprint density at radius 3 is 3.13 bits per heavy atom. The summed E-state index contributed by atoms with van der Waals surface area (Å²) in [6.45, 7) is 6.05. The Morgan fingerprint density at radius 1 is 1.60 bits per heavy atom. The predicted octanol–water partition coefficient (Wildman–Crippen LogP) is 2.23. The molecule has 0 bridgehead atoms. The number of aryl methyl sites for hydroxylation is 1. The zero-order valence-electron chi connectivity index (χ0n) is 9.36. The number of hydrogen-bond acceptors (Lipinski definition) is 3. The van der Waals surface area contributed by atoms with Crippen molar-refractivity contribution in [1.82, 2.24) is 4.98 Å². The van der Waals surface area contributed by atoms with Crippen LogP contribution < -0.4 is 5.32 Å². The summed E-state index contributed by atoms with van der Waals surface area (Å²) in [6, 6.07) is 4.47. The van der Waals surface area contributed by atoms with Gasteiger partial charge in [-0.1, -0.05) is 6.07 Å². The molecule has 1 fully saturated rings. The molecule has 15 heavy (non-hydrogen) atoms. The number of pyridine rings is 1. The Morgan fingerprint density at radius 2 is 2.47 bits per heavy atom. The SMILES string of the molecule is Cc1cccnc1NC(C)C1CCOC1. The van der Waals surface area contributed by atoms with Crippen molar-refractivity contribution in [3.05, 3.63) is 23.9 Å². The van der Waals surface area contributed by atoms with Gasteiger partial charge < -0.3 is 10.1 Å². The Bertz CT molecular complexity index is 321. The van der Waals surface area contributed by atoms with Gasteiger partial charge in [0.2, 0.25) is 0 Å². The average molecular weight is 206 g/mol. The number of aromatic nitrogens is 1.